The third-order valence-corrected chi connectivity index (χ3v) is 2.69. The van der Waals surface area contributed by atoms with Crippen molar-refractivity contribution in [1.82, 2.24) is 14.8 Å². The summed E-state index contributed by atoms with van der Waals surface area (Å²) in [7, 11) is 1.91. The summed E-state index contributed by atoms with van der Waals surface area (Å²) in [6.07, 6.45) is 3.49. The van der Waals surface area contributed by atoms with Gasteiger partial charge < -0.3 is 5.32 Å². The third kappa shape index (κ3) is 2.85. The maximum Gasteiger partial charge on any atom is 0.212 e. The topological polar surface area (TPSA) is 42.7 Å². The molecule has 0 aromatic carbocycles. The fraction of sp³-hybridized carbons (Fsp3) is 0.385. The van der Waals surface area contributed by atoms with E-state index in [2.05, 4.69) is 29.2 Å². The molecule has 0 atom stereocenters. The third-order valence-electron chi connectivity index (χ3n) is 2.69. The maximum atomic E-state index is 12.7. The Hall–Kier alpha value is -1.91. The molecule has 0 saturated carbocycles. The van der Waals surface area contributed by atoms with Crippen LogP contribution in [0.3, 0.4) is 0 Å². The van der Waals surface area contributed by atoms with Crippen molar-refractivity contribution in [2.45, 2.75) is 26.3 Å². The van der Waals surface area contributed by atoms with Gasteiger partial charge >= 0.3 is 0 Å². The van der Waals surface area contributed by atoms with Crippen molar-refractivity contribution in [2.24, 2.45) is 7.05 Å². The molecular weight excluding hydrogens is 231 g/mol. The van der Waals surface area contributed by atoms with Gasteiger partial charge in [0.15, 0.2) is 0 Å². The van der Waals surface area contributed by atoms with E-state index in [0.717, 1.165) is 16.9 Å². The summed E-state index contributed by atoms with van der Waals surface area (Å²) in [5.74, 6) is -0.0841. The van der Waals surface area contributed by atoms with Crippen LogP contribution in [0.25, 0.3) is 0 Å². The standard InChI is InChI=1S/C13H17FN4/c1-9(2)13-10(8-18(3)17-13)6-15-11-4-5-12(14)16-7-11/h4-5,7-9,15H,6H2,1-3H3. The van der Waals surface area contributed by atoms with Gasteiger partial charge in [0, 0.05) is 25.4 Å². The Labute approximate surface area is 106 Å². The quantitative estimate of drug-likeness (QED) is 0.846. The predicted octanol–water partition coefficient (Wildman–Crippen LogP) is 2.69. The number of rotatable bonds is 4. The molecule has 2 heterocycles. The van der Waals surface area contributed by atoms with Crippen molar-refractivity contribution >= 4 is 5.69 Å². The monoisotopic (exact) mass is 248 g/mol. The molecule has 0 aliphatic heterocycles. The lowest BCUT2D eigenvalue weighted by Crippen LogP contribution is -2.03. The number of nitrogens with zero attached hydrogens (tertiary/aromatic N) is 3. The van der Waals surface area contributed by atoms with Gasteiger partial charge in [-0.1, -0.05) is 13.8 Å². The van der Waals surface area contributed by atoms with Crippen LogP contribution in [0.5, 0.6) is 0 Å². The van der Waals surface area contributed by atoms with E-state index in [9.17, 15) is 4.39 Å². The number of halogens is 1. The van der Waals surface area contributed by atoms with Crippen LogP contribution in [0.2, 0.25) is 0 Å². The molecule has 18 heavy (non-hydrogen) atoms. The van der Waals surface area contributed by atoms with Crippen molar-refractivity contribution in [1.29, 1.82) is 0 Å². The summed E-state index contributed by atoms with van der Waals surface area (Å²) in [5.41, 5.74) is 3.03. The van der Waals surface area contributed by atoms with Crippen LogP contribution in [-0.2, 0) is 13.6 Å². The molecule has 0 amide bonds. The number of pyridine rings is 1. The Kier molecular flexibility index (Phi) is 3.60. The first-order chi connectivity index (χ1) is 8.56. The molecular formula is C13H17FN4. The van der Waals surface area contributed by atoms with Gasteiger partial charge in [-0.3, -0.25) is 4.68 Å². The molecule has 2 rings (SSSR count). The van der Waals surface area contributed by atoms with E-state index in [-0.39, 0.29) is 0 Å². The van der Waals surface area contributed by atoms with Crippen LogP contribution in [0.1, 0.15) is 31.0 Å². The summed E-state index contributed by atoms with van der Waals surface area (Å²) in [6, 6.07) is 3.02. The first-order valence-electron chi connectivity index (χ1n) is 5.94. The van der Waals surface area contributed by atoms with Gasteiger partial charge in [0.2, 0.25) is 5.95 Å². The van der Waals surface area contributed by atoms with Gasteiger partial charge in [-0.05, 0) is 18.1 Å². The van der Waals surface area contributed by atoms with Crippen LogP contribution in [0, 0.1) is 5.95 Å². The van der Waals surface area contributed by atoms with E-state index >= 15 is 0 Å². The smallest absolute Gasteiger partial charge is 0.212 e. The number of aromatic nitrogens is 3. The van der Waals surface area contributed by atoms with E-state index in [1.807, 2.05) is 17.9 Å². The molecule has 2 aromatic rings. The summed E-state index contributed by atoms with van der Waals surface area (Å²) in [5, 5.41) is 7.65. The lowest BCUT2D eigenvalue weighted by atomic mass is 10.1. The van der Waals surface area contributed by atoms with Gasteiger partial charge in [-0.25, -0.2) is 4.98 Å². The highest BCUT2D eigenvalue weighted by molar-refractivity contribution is 5.41. The molecule has 0 fully saturated rings. The number of hydrogen-bond acceptors (Lipinski definition) is 3. The van der Waals surface area contributed by atoms with E-state index in [0.29, 0.717) is 12.5 Å². The SMILES string of the molecule is CC(C)c1nn(C)cc1CNc1ccc(F)nc1. The van der Waals surface area contributed by atoms with Crippen molar-refractivity contribution in [2.75, 3.05) is 5.32 Å². The Morgan fingerprint density at radius 3 is 2.78 bits per heavy atom. The van der Waals surface area contributed by atoms with Gasteiger partial charge in [0.25, 0.3) is 0 Å². The zero-order chi connectivity index (χ0) is 13.1. The van der Waals surface area contributed by atoms with Crippen molar-refractivity contribution in [3.63, 3.8) is 0 Å². The Morgan fingerprint density at radius 1 is 1.39 bits per heavy atom. The zero-order valence-electron chi connectivity index (χ0n) is 10.8. The molecule has 5 heteroatoms. The normalized spacial score (nSPS) is 10.9. The first-order valence-corrected chi connectivity index (χ1v) is 5.94. The highest BCUT2D eigenvalue weighted by Gasteiger charge is 2.10. The first kappa shape index (κ1) is 12.5. The second kappa shape index (κ2) is 5.16. The molecule has 2 aromatic heterocycles. The Morgan fingerprint density at radius 2 is 2.17 bits per heavy atom. The van der Waals surface area contributed by atoms with Crippen molar-refractivity contribution in [3.05, 3.63) is 41.7 Å². The Balaban J connectivity index is 2.08. The van der Waals surface area contributed by atoms with Crippen LogP contribution < -0.4 is 5.32 Å². The minimum Gasteiger partial charge on any atom is -0.380 e. The molecule has 0 aliphatic rings. The fourth-order valence-corrected chi connectivity index (χ4v) is 1.85. The number of aryl methyl sites for hydroxylation is 1. The van der Waals surface area contributed by atoms with Gasteiger partial charge in [-0.2, -0.15) is 9.49 Å². The summed E-state index contributed by atoms with van der Waals surface area (Å²) >= 11 is 0. The van der Waals surface area contributed by atoms with Crippen LogP contribution in [-0.4, -0.2) is 14.8 Å². The average molecular weight is 248 g/mol. The van der Waals surface area contributed by atoms with E-state index in [1.54, 1.807) is 6.07 Å². The lowest BCUT2D eigenvalue weighted by Gasteiger charge is -2.07. The van der Waals surface area contributed by atoms with E-state index in [1.165, 1.54) is 12.3 Å². The molecule has 4 nitrogen and oxygen atoms in total. The number of nitrogens with one attached hydrogen (secondary N) is 1. The van der Waals surface area contributed by atoms with Crippen molar-refractivity contribution in [3.8, 4) is 0 Å². The van der Waals surface area contributed by atoms with Crippen LogP contribution in [0.15, 0.2) is 24.5 Å². The summed E-state index contributed by atoms with van der Waals surface area (Å²) in [6.45, 7) is 4.89. The zero-order valence-corrected chi connectivity index (χ0v) is 10.8. The summed E-state index contributed by atoms with van der Waals surface area (Å²) < 4.78 is 14.5. The van der Waals surface area contributed by atoms with E-state index < -0.39 is 5.95 Å². The molecule has 0 bridgehead atoms. The molecule has 0 radical (unpaired) electrons. The van der Waals surface area contributed by atoms with Gasteiger partial charge in [0.1, 0.15) is 0 Å². The molecule has 0 unspecified atom stereocenters. The highest BCUT2D eigenvalue weighted by atomic mass is 19.1. The number of anilines is 1. The number of hydrogen-bond donors (Lipinski definition) is 1. The summed E-state index contributed by atoms with van der Waals surface area (Å²) in [4.78, 5) is 3.60. The molecule has 0 aliphatic carbocycles. The molecule has 0 spiro atoms. The molecule has 0 saturated heterocycles. The highest BCUT2D eigenvalue weighted by Crippen LogP contribution is 2.18. The molecule has 1 N–H and O–H groups in total. The maximum absolute atomic E-state index is 12.7. The second-order valence-corrected chi connectivity index (χ2v) is 4.59. The average Bonchev–Trinajstić information content (AvgIpc) is 2.70. The Bertz CT molecular complexity index is 516. The minimum atomic E-state index is -0.468. The largest absolute Gasteiger partial charge is 0.380 e. The van der Waals surface area contributed by atoms with E-state index in [4.69, 9.17) is 0 Å². The van der Waals surface area contributed by atoms with Crippen LogP contribution >= 0.6 is 0 Å². The molecule has 96 valence electrons. The van der Waals surface area contributed by atoms with Crippen LogP contribution in [0.4, 0.5) is 10.1 Å². The minimum absolute atomic E-state index is 0.384. The second-order valence-electron chi connectivity index (χ2n) is 4.59. The lowest BCUT2D eigenvalue weighted by molar-refractivity contribution is 0.584. The fourth-order valence-electron chi connectivity index (χ4n) is 1.85. The van der Waals surface area contributed by atoms with Crippen molar-refractivity contribution < 1.29 is 4.39 Å². The predicted molar refractivity (Wildman–Crippen MR) is 68.8 cm³/mol. The van der Waals surface area contributed by atoms with Gasteiger partial charge in [-0.15, -0.1) is 0 Å². The van der Waals surface area contributed by atoms with Gasteiger partial charge in [0.05, 0.1) is 17.6 Å².